The number of alkyl halides is 1. The summed E-state index contributed by atoms with van der Waals surface area (Å²) in [5.74, 6) is 0.282. The first-order valence-electron chi connectivity index (χ1n) is 7.07. The quantitative estimate of drug-likeness (QED) is 0.382. The van der Waals surface area contributed by atoms with E-state index in [0.717, 1.165) is 27.0 Å². The minimum Gasteiger partial charge on any atom is -0.368 e. The van der Waals surface area contributed by atoms with Crippen molar-refractivity contribution in [3.63, 3.8) is 0 Å². The van der Waals surface area contributed by atoms with Crippen LogP contribution in [0.15, 0.2) is 17.4 Å². The second-order valence-electron chi connectivity index (χ2n) is 5.25. The van der Waals surface area contributed by atoms with E-state index in [-0.39, 0.29) is 5.95 Å². The van der Waals surface area contributed by atoms with Crippen molar-refractivity contribution < 1.29 is 0 Å². The van der Waals surface area contributed by atoms with Crippen molar-refractivity contribution in [3.8, 4) is 0 Å². The number of halogens is 1. The summed E-state index contributed by atoms with van der Waals surface area (Å²) >= 11 is 4.01. The van der Waals surface area contributed by atoms with Gasteiger partial charge in [0.05, 0.1) is 24.3 Å². The molecule has 2 N–H and O–H groups in total. The van der Waals surface area contributed by atoms with Gasteiger partial charge >= 0.3 is 0 Å². The average Bonchev–Trinajstić information content (AvgIpc) is 2.92. The Bertz CT molecular complexity index is 876. The van der Waals surface area contributed by atoms with Gasteiger partial charge in [-0.05, 0) is 31.2 Å². The van der Waals surface area contributed by atoms with Gasteiger partial charge in [-0.3, -0.25) is 4.98 Å². The smallest absolute Gasteiger partial charge is 0.222 e. The fourth-order valence-electron chi connectivity index (χ4n) is 2.62. The lowest BCUT2D eigenvalue weighted by Crippen LogP contribution is -2.07. The van der Waals surface area contributed by atoms with Gasteiger partial charge in [-0.25, -0.2) is 9.97 Å². The predicted molar refractivity (Wildman–Crippen MR) is 102 cm³/mol. The molecule has 0 amide bonds. The van der Waals surface area contributed by atoms with Crippen LogP contribution in [0.5, 0.6) is 0 Å². The van der Waals surface area contributed by atoms with E-state index in [1.54, 1.807) is 18.1 Å². The highest BCUT2D eigenvalue weighted by atomic mass is 127. The SMILES string of the molecule is CSc1c(C)cnc(Cn2cnc3c(CI)nc(N)nc32)c1C. The zero-order valence-electron chi connectivity index (χ0n) is 13.2. The summed E-state index contributed by atoms with van der Waals surface area (Å²) in [7, 11) is 0. The number of nitrogens with two attached hydrogens (primary N) is 1. The number of hydrogen-bond donors (Lipinski definition) is 1. The zero-order valence-corrected chi connectivity index (χ0v) is 16.1. The van der Waals surface area contributed by atoms with E-state index in [0.29, 0.717) is 6.54 Å². The highest BCUT2D eigenvalue weighted by Crippen LogP contribution is 2.26. The average molecular weight is 440 g/mol. The van der Waals surface area contributed by atoms with Crippen molar-refractivity contribution in [3.05, 3.63) is 35.0 Å². The van der Waals surface area contributed by atoms with Crippen LogP contribution in [0.2, 0.25) is 0 Å². The van der Waals surface area contributed by atoms with Crippen molar-refractivity contribution in [2.24, 2.45) is 0 Å². The van der Waals surface area contributed by atoms with Gasteiger partial charge in [0.15, 0.2) is 5.65 Å². The topological polar surface area (TPSA) is 82.5 Å². The van der Waals surface area contributed by atoms with Gasteiger partial charge in [0.1, 0.15) is 5.52 Å². The second kappa shape index (κ2) is 6.60. The molecule has 120 valence electrons. The third kappa shape index (κ3) is 3.01. The fraction of sp³-hybridized carbons (Fsp3) is 0.333. The number of aryl methyl sites for hydroxylation is 1. The van der Waals surface area contributed by atoms with E-state index in [1.807, 2.05) is 10.8 Å². The van der Waals surface area contributed by atoms with Crippen molar-refractivity contribution >= 4 is 51.5 Å². The highest BCUT2D eigenvalue weighted by Gasteiger charge is 2.14. The summed E-state index contributed by atoms with van der Waals surface area (Å²) in [5.41, 5.74) is 11.7. The number of rotatable bonds is 4. The van der Waals surface area contributed by atoms with Gasteiger partial charge in [0, 0.05) is 15.5 Å². The van der Waals surface area contributed by atoms with Gasteiger partial charge in [-0.15, -0.1) is 11.8 Å². The summed E-state index contributed by atoms with van der Waals surface area (Å²) in [6, 6.07) is 0. The normalized spacial score (nSPS) is 11.3. The molecule has 0 aliphatic heterocycles. The Morgan fingerprint density at radius 3 is 2.70 bits per heavy atom. The summed E-state index contributed by atoms with van der Waals surface area (Å²) in [6.45, 7) is 4.82. The van der Waals surface area contributed by atoms with Crippen molar-refractivity contribution in [1.82, 2.24) is 24.5 Å². The number of anilines is 1. The third-order valence-electron chi connectivity index (χ3n) is 3.75. The molecule has 3 rings (SSSR count). The van der Waals surface area contributed by atoms with Crippen LogP contribution in [0.4, 0.5) is 5.95 Å². The zero-order chi connectivity index (χ0) is 16.6. The minimum absolute atomic E-state index is 0.282. The second-order valence-corrected chi connectivity index (χ2v) is 6.83. The number of imidazole rings is 1. The standard InChI is InChI=1S/C15H17IN6S/c1-8-5-18-11(9(2)13(8)23-3)6-22-7-19-12-10(4-16)20-15(17)21-14(12)22/h5,7H,4,6H2,1-3H3,(H2,17,20,21). The largest absolute Gasteiger partial charge is 0.368 e. The molecule has 0 unspecified atom stereocenters. The summed E-state index contributed by atoms with van der Waals surface area (Å²) in [4.78, 5) is 19.0. The molecule has 8 heteroatoms. The molecule has 0 aliphatic rings. The number of nitrogens with zero attached hydrogens (tertiary/aromatic N) is 5. The Balaban J connectivity index is 2.08. The van der Waals surface area contributed by atoms with Crippen LogP contribution in [-0.2, 0) is 11.0 Å². The molecule has 3 aromatic rings. The lowest BCUT2D eigenvalue weighted by atomic mass is 10.1. The molecule has 3 aromatic heterocycles. The Morgan fingerprint density at radius 1 is 1.22 bits per heavy atom. The van der Waals surface area contributed by atoms with Crippen molar-refractivity contribution in [2.45, 2.75) is 29.7 Å². The molecule has 0 atom stereocenters. The first-order valence-corrected chi connectivity index (χ1v) is 9.82. The molecule has 0 radical (unpaired) electrons. The van der Waals surface area contributed by atoms with E-state index >= 15 is 0 Å². The van der Waals surface area contributed by atoms with Crippen LogP contribution in [0.25, 0.3) is 11.2 Å². The van der Waals surface area contributed by atoms with Gasteiger partial charge < -0.3 is 10.3 Å². The molecule has 23 heavy (non-hydrogen) atoms. The Morgan fingerprint density at radius 2 is 2.00 bits per heavy atom. The van der Waals surface area contributed by atoms with Crippen molar-refractivity contribution in [1.29, 1.82) is 0 Å². The molecule has 0 saturated carbocycles. The van der Waals surface area contributed by atoms with Gasteiger partial charge in [0.25, 0.3) is 0 Å². The van der Waals surface area contributed by atoms with Gasteiger partial charge in [-0.1, -0.05) is 22.6 Å². The maximum atomic E-state index is 5.83. The van der Waals surface area contributed by atoms with Crippen LogP contribution >= 0.6 is 34.4 Å². The van der Waals surface area contributed by atoms with Gasteiger partial charge in [0.2, 0.25) is 5.95 Å². The van der Waals surface area contributed by atoms with E-state index in [1.165, 1.54) is 16.0 Å². The number of thioether (sulfide) groups is 1. The fourth-order valence-corrected chi connectivity index (χ4v) is 3.95. The summed E-state index contributed by atoms with van der Waals surface area (Å²) in [6.07, 6.45) is 5.80. The summed E-state index contributed by atoms with van der Waals surface area (Å²) < 4.78 is 2.73. The number of nitrogen functional groups attached to an aromatic ring is 1. The van der Waals surface area contributed by atoms with Crippen molar-refractivity contribution in [2.75, 3.05) is 12.0 Å². The Hall–Kier alpha value is -1.42. The molecule has 0 aliphatic carbocycles. The predicted octanol–water partition coefficient (Wildman–Crippen LogP) is 3.13. The Labute approximate surface area is 152 Å². The van der Waals surface area contributed by atoms with E-state index in [4.69, 9.17) is 5.73 Å². The lowest BCUT2D eigenvalue weighted by Gasteiger charge is -2.12. The molecule has 0 fully saturated rings. The third-order valence-corrected chi connectivity index (χ3v) is 5.51. The molecule has 3 heterocycles. The van der Waals surface area contributed by atoms with E-state index < -0.39 is 0 Å². The molecule has 0 bridgehead atoms. The monoisotopic (exact) mass is 440 g/mol. The van der Waals surface area contributed by atoms with Crippen LogP contribution < -0.4 is 5.73 Å². The maximum absolute atomic E-state index is 5.83. The van der Waals surface area contributed by atoms with Crippen LogP contribution in [0, 0.1) is 13.8 Å². The minimum atomic E-state index is 0.282. The van der Waals surface area contributed by atoms with Crippen LogP contribution in [0.1, 0.15) is 22.5 Å². The molecular weight excluding hydrogens is 423 g/mol. The van der Waals surface area contributed by atoms with Crippen LogP contribution in [-0.4, -0.2) is 30.8 Å². The number of hydrogen-bond acceptors (Lipinski definition) is 6. The Kier molecular flexibility index (Phi) is 4.72. The molecule has 0 saturated heterocycles. The number of pyridine rings is 1. The first-order chi connectivity index (χ1) is 11.0. The van der Waals surface area contributed by atoms with E-state index in [2.05, 4.69) is 62.6 Å². The molecule has 6 nitrogen and oxygen atoms in total. The highest BCUT2D eigenvalue weighted by molar-refractivity contribution is 14.1. The molecule has 0 aromatic carbocycles. The number of aromatic nitrogens is 5. The number of fused-ring (bicyclic) bond motifs is 1. The van der Waals surface area contributed by atoms with Crippen LogP contribution in [0.3, 0.4) is 0 Å². The lowest BCUT2D eigenvalue weighted by molar-refractivity contribution is 0.774. The first kappa shape index (κ1) is 16.4. The summed E-state index contributed by atoms with van der Waals surface area (Å²) in [5, 5.41) is 0. The maximum Gasteiger partial charge on any atom is 0.222 e. The molecule has 0 spiro atoms. The molecular formula is C15H17IN6S. The van der Waals surface area contributed by atoms with E-state index in [9.17, 15) is 0 Å². The van der Waals surface area contributed by atoms with Gasteiger partial charge in [-0.2, -0.15) is 4.98 Å².